The van der Waals surface area contributed by atoms with E-state index >= 15 is 0 Å². The Bertz CT molecular complexity index is 200. The molecule has 0 saturated heterocycles. The van der Waals surface area contributed by atoms with Crippen molar-refractivity contribution >= 4 is 33.8 Å². The van der Waals surface area contributed by atoms with E-state index in [1.165, 1.54) is 9.91 Å². The van der Waals surface area contributed by atoms with Crippen molar-refractivity contribution in [1.82, 2.24) is 0 Å². The summed E-state index contributed by atoms with van der Waals surface area (Å²) in [7, 11) is 0. The predicted octanol–water partition coefficient (Wildman–Crippen LogP) is 0.542. The second-order valence-corrected chi connectivity index (χ2v) is 3.70. The predicted molar refractivity (Wildman–Crippen MR) is 46.6 cm³/mol. The average Bonchev–Trinajstić information content (AvgIpc) is 1.83. The molecule has 0 radical (unpaired) electrons. The van der Waals surface area contributed by atoms with Crippen molar-refractivity contribution in [3.05, 3.63) is 23.8 Å². The molecular formula is C7H9AsS. The SMILES string of the molecule is Cc1cccc(S)c1[AsH2]. The molecule has 0 aliphatic heterocycles. The van der Waals surface area contributed by atoms with E-state index < -0.39 is 0 Å². The van der Waals surface area contributed by atoms with Crippen LogP contribution in [0.15, 0.2) is 23.1 Å². The summed E-state index contributed by atoms with van der Waals surface area (Å²) in [4.78, 5) is 1.11. The fourth-order valence-electron chi connectivity index (χ4n) is 0.665. The second kappa shape index (κ2) is 2.81. The van der Waals surface area contributed by atoms with Crippen molar-refractivity contribution in [3.8, 4) is 0 Å². The van der Waals surface area contributed by atoms with Gasteiger partial charge in [-0.25, -0.2) is 0 Å². The van der Waals surface area contributed by atoms with Gasteiger partial charge < -0.3 is 0 Å². The van der Waals surface area contributed by atoms with Gasteiger partial charge in [-0.05, 0) is 0 Å². The molecule has 0 N–H and O–H groups in total. The molecule has 1 aromatic carbocycles. The average molecular weight is 200 g/mol. The van der Waals surface area contributed by atoms with Crippen molar-refractivity contribution in [2.45, 2.75) is 11.8 Å². The molecule has 1 aromatic rings. The van der Waals surface area contributed by atoms with E-state index in [-0.39, 0.29) is 0 Å². The molecule has 2 heteroatoms. The molecule has 0 aromatic heterocycles. The second-order valence-electron chi connectivity index (χ2n) is 2.01. The van der Waals surface area contributed by atoms with Crippen LogP contribution in [-0.2, 0) is 0 Å². The molecule has 0 nitrogen and oxygen atoms in total. The van der Waals surface area contributed by atoms with Crippen LogP contribution in [0.2, 0.25) is 0 Å². The summed E-state index contributed by atoms with van der Waals surface area (Å²) in [6.07, 6.45) is 0. The Morgan fingerprint density at radius 2 is 2.11 bits per heavy atom. The van der Waals surface area contributed by atoms with Crippen molar-refractivity contribution in [3.63, 3.8) is 0 Å². The maximum absolute atomic E-state index is 4.28. The molecule has 0 fully saturated rings. The summed E-state index contributed by atoms with van der Waals surface area (Å²) >= 11 is 5.92. The van der Waals surface area contributed by atoms with E-state index in [2.05, 4.69) is 25.6 Å². The van der Waals surface area contributed by atoms with Crippen molar-refractivity contribution < 1.29 is 0 Å². The number of aryl methyl sites for hydroxylation is 1. The molecule has 1 atom stereocenters. The number of hydrogen-bond donors (Lipinski definition) is 1. The first-order chi connectivity index (χ1) is 4.22. The van der Waals surface area contributed by atoms with Crippen LogP contribution in [0.1, 0.15) is 5.56 Å². The molecule has 1 unspecified atom stereocenters. The van der Waals surface area contributed by atoms with Gasteiger partial charge in [0.15, 0.2) is 0 Å². The van der Waals surface area contributed by atoms with Gasteiger partial charge in [0.1, 0.15) is 0 Å². The minimum atomic E-state index is 1.11. The van der Waals surface area contributed by atoms with E-state index in [1.54, 1.807) is 16.9 Å². The molecule has 0 aliphatic rings. The van der Waals surface area contributed by atoms with Crippen LogP contribution < -0.4 is 4.35 Å². The number of thiol groups is 1. The van der Waals surface area contributed by atoms with E-state index in [0.29, 0.717) is 0 Å². The van der Waals surface area contributed by atoms with Gasteiger partial charge in [-0.2, -0.15) is 0 Å². The Morgan fingerprint density at radius 1 is 1.44 bits per heavy atom. The number of rotatable bonds is 0. The zero-order chi connectivity index (χ0) is 6.85. The van der Waals surface area contributed by atoms with Gasteiger partial charge in [0.25, 0.3) is 0 Å². The van der Waals surface area contributed by atoms with Gasteiger partial charge in [-0.15, -0.1) is 0 Å². The molecule has 0 amide bonds. The summed E-state index contributed by atoms with van der Waals surface area (Å²) in [5.41, 5.74) is 1.34. The fourth-order valence-corrected chi connectivity index (χ4v) is 1.33. The standard InChI is InChI=1S/C7H9AsS/c1-5-3-2-4-6(9)7(5)8/h2-4,9H,8H2,1H3. The van der Waals surface area contributed by atoms with E-state index in [0.717, 1.165) is 4.90 Å². The molecule has 9 heavy (non-hydrogen) atoms. The first-order valence-electron chi connectivity index (χ1n) is 2.76. The van der Waals surface area contributed by atoms with E-state index in [1.807, 2.05) is 12.1 Å². The minimum absolute atomic E-state index is 1.11. The van der Waals surface area contributed by atoms with Crippen LogP contribution in [0.5, 0.6) is 0 Å². The van der Waals surface area contributed by atoms with Crippen LogP contribution in [0, 0.1) is 6.92 Å². The van der Waals surface area contributed by atoms with Gasteiger partial charge in [0, 0.05) is 0 Å². The first kappa shape index (κ1) is 7.24. The normalized spacial score (nSPS) is 9.67. The Morgan fingerprint density at radius 3 is 2.56 bits per heavy atom. The third kappa shape index (κ3) is 1.53. The summed E-state index contributed by atoms with van der Waals surface area (Å²) in [5, 5.41) is 0. The first-order valence-corrected chi connectivity index (χ1v) is 4.41. The fraction of sp³-hybridized carbons (Fsp3) is 0.143. The summed E-state index contributed by atoms with van der Waals surface area (Å²) in [6, 6.07) is 6.16. The van der Waals surface area contributed by atoms with Gasteiger partial charge >= 0.3 is 69.4 Å². The zero-order valence-electron chi connectivity index (χ0n) is 5.26. The summed E-state index contributed by atoms with van der Waals surface area (Å²) in [6.45, 7) is 2.11. The topological polar surface area (TPSA) is 0 Å². The molecular weight excluding hydrogens is 191 g/mol. The quantitative estimate of drug-likeness (QED) is 0.458. The molecule has 0 bridgehead atoms. The third-order valence-corrected chi connectivity index (χ3v) is 3.81. The molecule has 48 valence electrons. The maximum atomic E-state index is 4.28. The van der Waals surface area contributed by atoms with Gasteiger partial charge in [0.05, 0.1) is 0 Å². The van der Waals surface area contributed by atoms with Crippen LogP contribution in [0.25, 0.3) is 0 Å². The van der Waals surface area contributed by atoms with Crippen LogP contribution in [-0.4, -0.2) is 16.9 Å². The van der Waals surface area contributed by atoms with E-state index in [9.17, 15) is 0 Å². The van der Waals surface area contributed by atoms with Gasteiger partial charge in [0.2, 0.25) is 0 Å². The monoisotopic (exact) mass is 200 g/mol. The molecule has 0 saturated carbocycles. The van der Waals surface area contributed by atoms with Crippen LogP contribution in [0.4, 0.5) is 0 Å². The molecule has 0 aliphatic carbocycles. The van der Waals surface area contributed by atoms with E-state index in [4.69, 9.17) is 0 Å². The van der Waals surface area contributed by atoms with Crippen LogP contribution in [0.3, 0.4) is 0 Å². The van der Waals surface area contributed by atoms with Crippen molar-refractivity contribution in [2.75, 3.05) is 0 Å². The van der Waals surface area contributed by atoms with Crippen molar-refractivity contribution in [2.24, 2.45) is 0 Å². The Hall–Kier alpha value is 0.128. The van der Waals surface area contributed by atoms with Crippen LogP contribution >= 0.6 is 12.6 Å². The number of benzene rings is 1. The van der Waals surface area contributed by atoms with Crippen molar-refractivity contribution in [1.29, 1.82) is 0 Å². The Kier molecular flexibility index (Phi) is 2.26. The zero-order valence-corrected chi connectivity index (χ0v) is 8.57. The van der Waals surface area contributed by atoms with Gasteiger partial charge in [-0.3, -0.25) is 0 Å². The van der Waals surface area contributed by atoms with Gasteiger partial charge in [-0.1, -0.05) is 0 Å². The summed E-state index contributed by atoms with van der Waals surface area (Å²) in [5.74, 6) is 0. The number of hydrogen-bond acceptors (Lipinski definition) is 1. The summed E-state index contributed by atoms with van der Waals surface area (Å²) < 4.78 is 1.34. The molecule has 0 heterocycles. The molecule has 0 spiro atoms. The third-order valence-electron chi connectivity index (χ3n) is 1.30. The molecule has 1 rings (SSSR count). The Balaban J connectivity index is 3.25. The Labute approximate surface area is 69.6 Å².